The average molecular weight is 959 g/mol. The zero-order valence-corrected chi connectivity index (χ0v) is 38.7. The van der Waals surface area contributed by atoms with Gasteiger partial charge in [0.15, 0.2) is 5.82 Å². The molecule has 1 aromatic rings. The van der Waals surface area contributed by atoms with Crippen molar-refractivity contribution in [3.63, 3.8) is 0 Å². The molecule has 61 heavy (non-hydrogen) atoms. The first-order valence-electron chi connectivity index (χ1n) is 17.3. The molecule has 0 saturated heterocycles. The predicted octanol–water partition coefficient (Wildman–Crippen LogP) is 3.52. The second kappa shape index (κ2) is 28.2. The van der Waals surface area contributed by atoms with Gasteiger partial charge in [0, 0.05) is 30.8 Å². The summed E-state index contributed by atoms with van der Waals surface area (Å²) in [6.45, 7) is 3.10. The fourth-order valence-corrected chi connectivity index (χ4v) is 7.89. The van der Waals surface area contributed by atoms with Crippen LogP contribution in [0.1, 0.15) is 92.3 Å². The molecule has 0 amide bonds. The molecule has 4 rings (SSSR count). The van der Waals surface area contributed by atoms with E-state index in [0.29, 0.717) is 36.4 Å². The van der Waals surface area contributed by atoms with Crippen molar-refractivity contribution >= 4 is 67.1 Å². The van der Waals surface area contributed by atoms with Crippen molar-refractivity contribution in [1.82, 2.24) is 11.1 Å². The van der Waals surface area contributed by atoms with E-state index in [4.69, 9.17) is 27.2 Å². The maximum atomic E-state index is 12.5. The largest absolute Gasteiger partial charge is 1.00 e. The second-order valence-corrected chi connectivity index (χ2v) is 16.6. The normalized spacial score (nSPS) is 16.5. The molecule has 1 aromatic heterocycles. The van der Waals surface area contributed by atoms with Crippen LogP contribution in [0.5, 0.6) is 0 Å². The van der Waals surface area contributed by atoms with Crippen molar-refractivity contribution < 1.29 is 117 Å². The first-order chi connectivity index (χ1) is 27.1. The van der Waals surface area contributed by atoms with E-state index in [2.05, 4.69) is 19.2 Å². The standard InChI is InChI=1S/C9H14O2.C8H13NO2.C8H12O3.C7H3ClF6N2O4S2.C2H4O2.H3N.Na.H/c1-7-5-3-4-6-8(7)9(10)11-2;2*1-11-8(10)6-4-2-3-5-7(6)9;8-4-1-2-5(15-3-4)16(21(17,18)6(9,10)11)22(19,20)7(12,13)14;1-2(3)4;;;/h3-6H2,1-2H3;2-5,9H2,1H3;6H,2-5H2,1H3;1-3H;1H3,(H,3,4);1H3;;/q;;;;;;+1;-1. The number of carbonyl (C=O) groups is 5. The van der Waals surface area contributed by atoms with Crippen LogP contribution in [0.15, 0.2) is 40.7 Å². The summed E-state index contributed by atoms with van der Waals surface area (Å²) in [6.07, 6.45) is 11.6. The number of halogens is 7. The first kappa shape index (κ1) is 61.8. The molecule has 17 nitrogen and oxygen atoms in total. The molecule has 1 heterocycles. The van der Waals surface area contributed by atoms with Gasteiger partial charge in [0.2, 0.25) is 0 Å². The number of aromatic nitrogens is 1. The maximum absolute atomic E-state index is 12.5. The van der Waals surface area contributed by atoms with Crippen LogP contribution in [0.4, 0.5) is 32.2 Å². The molecule has 0 spiro atoms. The van der Waals surface area contributed by atoms with Crippen LogP contribution in [0.2, 0.25) is 5.02 Å². The summed E-state index contributed by atoms with van der Waals surface area (Å²) in [5, 5.41) is 7.14. The van der Waals surface area contributed by atoms with Gasteiger partial charge in [-0.15, -0.1) is 3.71 Å². The number of hydrogen-bond donors (Lipinski definition) is 3. The summed E-state index contributed by atoms with van der Waals surface area (Å²) in [7, 11) is -9.70. The number of rotatable bonds is 6. The third kappa shape index (κ3) is 20.1. The molecule has 0 bridgehead atoms. The van der Waals surface area contributed by atoms with Crippen molar-refractivity contribution in [3.8, 4) is 0 Å². The maximum Gasteiger partial charge on any atom is 1.00 e. The number of Topliss-reactive ketones (excluding diaryl/α,β-unsaturated/α-hetero) is 1. The molecule has 27 heteroatoms. The van der Waals surface area contributed by atoms with Gasteiger partial charge in [-0.2, -0.15) is 43.2 Å². The molecule has 346 valence electrons. The van der Waals surface area contributed by atoms with Crippen LogP contribution >= 0.6 is 11.6 Å². The minimum Gasteiger partial charge on any atom is -1.00 e. The van der Waals surface area contributed by atoms with E-state index in [0.717, 1.165) is 70.3 Å². The first-order valence-corrected chi connectivity index (χ1v) is 20.5. The zero-order chi connectivity index (χ0) is 45.9. The van der Waals surface area contributed by atoms with Gasteiger partial charge < -0.3 is 32.6 Å². The number of nitrogens with two attached hydrogens (primary N) is 1. The Hall–Kier alpha value is -3.49. The number of hydrogen-bond acceptors (Lipinski definition) is 15. The second-order valence-electron chi connectivity index (χ2n) is 12.4. The molecule has 1 atom stereocenters. The average Bonchev–Trinajstić information content (AvgIpc) is 3.15. The van der Waals surface area contributed by atoms with Crippen molar-refractivity contribution in [2.45, 2.75) is 102 Å². The van der Waals surface area contributed by atoms with Crippen LogP contribution in [0.3, 0.4) is 0 Å². The van der Waals surface area contributed by atoms with Crippen molar-refractivity contribution in [2.75, 3.05) is 25.0 Å². The number of aliphatic carboxylic acids is 1. The number of nitrogens with zero attached hydrogens (tertiary/aromatic N) is 2. The van der Waals surface area contributed by atoms with Crippen LogP contribution in [-0.4, -0.2) is 88.9 Å². The summed E-state index contributed by atoms with van der Waals surface area (Å²) in [4.78, 5) is 56.0. The van der Waals surface area contributed by atoms with E-state index in [9.17, 15) is 62.4 Å². The van der Waals surface area contributed by atoms with Gasteiger partial charge in [-0.1, -0.05) is 23.6 Å². The molecular formula is C34H50ClF6N4NaO13S2. The van der Waals surface area contributed by atoms with Crippen molar-refractivity contribution in [2.24, 2.45) is 11.7 Å². The van der Waals surface area contributed by atoms with Crippen molar-refractivity contribution in [1.29, 1.82) is 0 Å². The number of pyridine rings is 1. The van der Waals surface area contributed by atoms with Gasteiger partial charge in [-0.3, -0.25) is 14.4 Å². The topological polar surface area (TPSA) is 279 Å². The van der Waals surface area contributed by atoms with Crippen LogP contribution in [-0.2, 0) is 58.2 Å². The Morgan fingerprint density at radius 3 is 1.61 bits per heavy atom. The molecule has 3 aliphatic rings. The quantitative estimate of drug-likeness (QED) is 0.121. The SMILES string of the molecule is CC(=O)O.COC(=O)C1=C(C)CCCC1.COC(=O)C1=C(N)CCCC1.COC(=O)C1CCCCC1=O.N.O=S(=O)(N(c1ccc(Cl)cn1)S(=O)(=O)C(F)(F)F)C(F)(F)F.[H-].[Na+]. The summed E-state index contributed by atoms with van der Waals surface area (Å²) in [5.41, 5.74) is -3.49. The summed E-state index contributed by atoms with van der Waals surface area (Å²) >= 11 is 5.30. The number of carbonyl (C=O) groups excluding carboxylic acids is 4. The predicted molar refractivity (Wildman–Crippen MR) is 205 cm³/mol. The van der Waals surface area contributed by atoms with Crippen LogP contribution in [0.25, 0.3) is 0 Å². The molecule has 1 unspecified atom stereocenters. The van der Waals surface area contributed by atoms with Gasteiger partial charge in [0.25, 0.3) is 5.97 Å². The van der Waals surface area contributed by atoms with Crippen LogP contribution < -0.4 is 45.2 Å². The molecule has 6 N–H and O–H groups in total. The molecule has 3 aliphatic carbocycles. The number of carboxylic acid groups (broad SMARTS) is 1. The molecule has 1 saturated carbocycles. The van der Waals surface area contributed by atoms with E-state index in [-0.39, 0.29) is 71.9 Å². The van der Waals surface area contributed by atoms with Gasteiger partial charge in [-0.25, -0.2) is 14.6 Å². The third-order valence-corrected chi connectivity index (χ3v) is 11.9. The summed E-state index contributed by atoms with van der Waals surface area (Å²) in [5.74, 6) is -3.66. The molecule has 0 radical (unpaired) electrons. The smallest absolute Gasteiger partial charge is 1.00 e. The van der Waals surface area contributed by atoms with Gasteiger partial charge in [0.05, 0.1) is 31.9 Å². The molecular weight excluding hydrogens is 909 g/mol. The Morgan fingerprint density at radius 1 is 0.803 bits per heavy atom. The van der Waals surface area contributed by atoms with Crippen molar-refractivity contribution in [3.05, 3.63) is 45.8 Å². The number of carboxylic acids is 1. The number of alkyl halides is 6. The third-order valence-electron chi connectivity index (χ3n) is 8.08. The number of methoxy groups -OCH3 is 3. The Morgan fingerprint density at radius 2 is 1.23 bits per heavy atom. The van der Waals surface area contributed by atoms with Gasteiger partial charge in [-0.05, 0) is 83.3 Å². The fraction of sp³-hybridized carbons (Fsp3) is 0.588. The molecule has 0 aromatic carbocycles. The molecule has 0 aliphatic heterocycles. The number of anilines is 1. The number of ether oxygens (including phenoxy) is 3. The zero-order valence-electron chi connectivity index (χ0n) is 35.3. The van der Waals surface area contributed by atoms with Gasteiger partial charge >= 0.3 is 78.5 Å². The summed E-state index contributed by atoms with van der Waals surface area (Å²) in [6, 6.07) is 0.934. The van der Waals surface area contributed by atoms with E-state index in [1.54, 1.807) is 0 Å². The van der Waals surface area contributed by atoms with Crippen LogP contribution in [0, 0.1) is 5.92 Å². The Labute approximate surface area is 378 Å². The Balaban J connectivity index is -0.000000362. The van der Waals surface area contributed by atoms with Gasteiger partial charge in [0.1, 0.15) is 11.7 Å². The Bertz CT molecular complexity index is 1820. The number of esters is 3. The minimum absolute atomic E-state index is 0. The number of allylic oxidation sites excluding steroid dienone is 2. The minimum atomic E-state index is -6.93. The Kier molecular flexibility index (Phi) is 28.6. The van der Waals surface area contributed by atoms with E-state index in [1.807, 2.05) is 6.92 Å². The number of ketones is 1. The van der Waals surface area contributed by atoms with E-state index >= 15 is 0 Å². The monoisotopic (exact) mass is 958 g/mol. The summed E-state index contributed by atoms with van der Waals surface area (Å²) < 4.78 is 131. The number of sulfonamides is 2. The molecule has 1 fully saturated rings. The van der Waals surface area contributed by atoms with E-state index < -0.39 is 52.5 Å². The van der Waals surface area contributed by atoms with E-state index in [1.165, 1.54) is 33.3 Å². The fourth-order valence-electron chi connectivity index (χ4n) is 5.15.